The van der Waals surface area contributed by atoms with Gasteiger partial charge in [-0.25, -0.2) is 9.59 Å². The maximum Gasteiger partial charge on any atom is 0.434 e. The van der Waals surface area contributed by atoms with Crippen LogP contribution < -0.4 is 0 Å². The van der Waals surface area contributed by atoms with E-state index in [1.807, 2.05) is 76.2 Å². The first-order valence-electron chi connectivity index (χ1n) is 50.7. The van der Waals surface area contributed by atoms with E-state index in [-0.39, 0.29) is 92.9 Å². The van der Waals surface area contributed by atoms with Gasteiger partial charge in [-0.3, -0.25) is 47.9 Å². The Morgan fingerprint density at radius 1 is 0.426 bits per heavy atom. The molecule has 772 valence electrons. The van der Waals surface area contributed by atoms with Crippen LogP contribution >= 0.6 is 0 Å². The Morgan fingerprint density at radius 3 is 1.21 bits per heavy atom. The molecule has 18 aliphatic rings. The molecule has 18 fully saturated rings. The number of hydrogen-bond donors (Lipinski definition) is 2. The van der Waals surface area contributed by atoms with Crippen LogP contribution in [0.1, 0.15) is 364 Å². The van der Waals surface area contributed by atoms with Crippen LogP contribution in [0.5, 0.6) is 0 Å². The number of carbonyl (C=O) groups excluding carboxylic acids is 12. The third-order valence-corrected chi connectivity index (χ3v) is 36.6. The number of alkyl halides is 6. The second kappa shape index (κ2) is 39.5. The van der Waals surface area contributed by atoms with Crippen molar-refractivity contribution in [2.24, 2.45) is 120 Å². The number of methoxy groups -OCH3 is 1. The van der Waals surface area contributed by atoms with Gasteiger partial charge in [0.2, 0.25) is 0 Å². The summed E-state index contributed by atoms with van der Waals surface area (Å²) in [6.07, 6.45) is 9.60. The summed E-state index contributed by atoms with van der Waals surface area (Å²) in [5, 5.41) is 21.3. The number of ether oxygens (including phenoxy) is 12. The van der Waals surface area contributed by atoms with Crippen molar-refractivity contribution in [1.29, 1.82) is 0 Å². The Bertz CT molecular complexity index is 4350. The fraction of sp³-hybridized carbons (Fsp3) is 0.885. The van der Waals surface area contributed by atoms with Crippen molar-refractivity contribution < 1.29 is 151 Å². The topological polar surface area (TPSA) is 356 Å². The fourth-order valence-corrected chi connectivity index (χ4v) is 26.5. The lowest BCUT2D eigenvalue weighted by molar-refractivity contribution is -0.315. The van der Waals surface area contributed by atoms with E-state index in [4.69, 9.17) is 52.1 Å². The number of halogens is 6. The van der Waals surface area contributed by atoms with Crippen molar-refractivity contribution in [2.75, 3.05) is 20.3 Å². The van der Waals surface area contributed by atoms with E-state index in [1.165, 1.54) is 84.2 Å². The highest BCUT2D eigenvalue weighted by molar-refractivity contribution is 6.04. The lowest BCUT2D eigenvalue weighted by Crippen LogP contribution is -2.67. The van der Waals surface area contributed by atoms with Gasteiger partial charge in [-0.15, -0.1) is 0 Å². The molecule has 2 N–H and O–H groups in total. The SMILES string of the molecule is CCC(C)(C)C(=O)OC(C)(CC)C12CC3CC(CC(C3)C1)C2.CCC(C)(C)C(=O)OC1(C)CC2CC1C1CCCC21.CCC(C)(C)C(=O)OC12CC3CC(O)(CC(O)(C3)C1)C2.CCC(C)(C)C(=O)OCC(=O)OC1C2CC3C1OC(=O)C3(C(=O)OC(C(F)(F)F)C(F)(F)F)C2.CCC(C)(C)C(=O)OCC(=O)OC1C2CC3C1OC(=O)C3(C(=O)OC)C2.CCC1(OC(=O)C(C)(C)CC)CCCC1. The summed E-state index contributed by atoms with van der Waals surface area (Å²) in [6.45, 7) is 41.7. The summed E-state index contributed by atoms with van der Waals surface area (Å²) in [7, 11) is 1.24. The van der Waals surface area contributed by atoms with E-state index in [9.17, 15) is 94.1 Å². The van der Waals surface area contributed by atoms with E-state index in [0.29, 0.717) is 44.4 Å². The third kappa shape index (κ3) is 21.6. The first kappa shape index (κ1) is 110. The molecule has 0 radical (unpaired) electrons. The number of aliphatic hydroxyl groups is 2. The smallest absolute Gasteiger partial charge is 0.434 e. The molecular formula is C104H158F6O26. The van der Waals surface area contributed by atoms with Crippen molar-refractivity contribution in [3.05, 3.63) is 0 Å². The Hall–Kier alpha value is -6.86. The summed E-state index contributed by atoms with van der Waals surface area (Å²) >= 11 is 0. The number of hydrogen-bond acceptors (Lipinski definition) is 26. The molecule has 18 unspecified atom stereocenters. The van der Waals surface area contributed by atoms with Crippen LogP contribution in [-0.2, 0) is 114 Å². The monoisotopic (exact) mass is 1940 g/mol. The van der Waals surface area contributed by atoms with Crippen LogP contribution in [0.15, 0.2) is 0 Å². The normalized spacial score (nSPS) is 35.9. The van der Waals surface area contributed by atoms with E-state index in [1.54, 1.807) is 34.6 Å². The van der Waals surface area contributed by atoms with Gasteiger partial charge in [0.25, 0.3) is 6.10 Å². The molecule has 136 heavy (non-hydrogen) atoms. The van der Waals surface area contributed by atoms with E-state index >= 15 is 0 Å². The molecule has 2 heterocycles. The predicted octanol–water partition coefficient (Wildman–Crippen LogP) is 19.3. The molecule has 14 bridgehead atoms. The molecule has 18 rings (SSSR count). The van der Waals surface area contributed by atoms with Crippen LogP contribution in [0.3, 0.4) is 0 Å². The minimum Gasteiger partial charge on any atom is -0.468 e. The molecule has 0 aromatic rings. The minimum atomic E-state index is -5.94. The van der Waals surface area contributed by atoms with Crippen LogP contribution in [0.4, 0.5) is 26.3 Å². The van der Waals surface area contributed by atoms with Gasteiger partial charge < -0.3 is 67.1 Å². The average Bonchev–Trinajstić information content (AvgIpc) is 1.56. The summed E-state index contributed by atoms with van der Waals surface area (Å²) in [6, 6.07) is 0. The van der Waals surface area contributed by atoms with Gasteiger partial charge >= 0.3 is 84.0 Å². The number of esters is 12. The van der Waals surface area contributed by atoms with Crippen molar-refractivity contribution >= 4 is 71.6 Å². The van der Waals surface area contributed by atoms with Gasteiger partial charge in [0.15, 0.2) is 24.0 Å². The first-order valence-corrected chi connectivity index (χ1v) is 50.7. The Labute approximate surface area is 799 Å². The van der Waals surface area contributed by atoms with Gasteiger partial charge in [-0.2, -0.15) is 26.3 Å². The standard InChI is InChI=1S/C20H22F6O8.C20H34O2.C18H24O8.C17H28O2.C16H26O4.C13H24O2/c1-4-17(2,3)14(28)31-7-10(27)32-11-8-5-9-12(11)33-15(29)18(9,6-8)16(30)34-13(19(21,22)23)20(24,25)26;1-6-18(3,4)17(21)22-19(5,7-2)20-11-14-8-15(12-20)10-16(9-14)13-20;1-5-17(2,3)14(20)24-8-11(19)25-12-9-6-10-13(12)26-16(22)18(10,7-9)15(21)23-4;1-5-16(2,3)15(18)19-17(4)10-11-9-14(17)13-8-6-7-12(11)13;1-4-13(2,3)12(17)20-16-7-11-5-14(18,9-16)8-15(19,6-11)10-16;1-5-12(3,4)11(14)15-13(6-2)9-7-8-10-13/h8-9,11-13H,4-7H2,1-3H3;14-16H,6-13H2,1-5H3;9-10,12-13H,5-8H2,1-4H3;11-14H,5-10H2,1-4H3;11,18-19H,4-10H2,1-3H3;5-10H2,1-4H3. The quantitative estimate of drug-likeness (QED) is 0.0318. The van der Waals surface area contributed by atoms with Crippen molar-refractivity contribution in [2.45, 2.75) is 441 Å². The Kier molecular flexibility index (Phi) is 31.8. The molecule has 0 aromatic carbocycles. The summed E-state index contributed by atoms with van der Waals surface area (Å²) in [5.74, 6) is -3.60. The van der Waals surface area contributed by atoms with Crippen LogP contribution in [0, 0.1) is 120 Å². The average molecular weight is 1940 g/mol. The van der Waals surface area contributed by atoms with E-state index in [0.717, 1.165) is 113 Å². The lowest BCUT2D eigenvalue weighted by atomic mass is 9.45. The molecule has 2 aliphatic heterocycles. The molecule has 32 heteroatoms. The molecule has 0 amide bonds. The van der Waals surface area contributed by atoms with Crippen LogP contribution in [0.25, 0.3) is 0 Å². The van der Waals surface area contributed by atoms with Gasteiger partial charge in [0, 0.05) is 54.3 Å². The van der Waals surface area contributed by atoms with Gasteiger partial charge in [0.1, 0.15) is 46.8 Å². The zero-order chi connectivity index (χ0) is 101. The molecule has 18 atom stereocenters. The summed E-state index contributed by atoms with van der Waals surface area (Å²) < 4.78 is 140. The highest BCUT2D eigenvalue weighted by atomic mass is 19.4. The summed E-state index contributed by atoms with van der Waals surface area (Å²) in [5.41, 5.74) is -9.30. The lowest BCUT2D eigenvalue weighted by Gasteiger charge is -2.62. The second-order valence-corrected chi connectivity index (χ2v) is 48.2. The van der Waals surface area contributed by atoms with Gasteiger partial charge in [-0.1, -0.05) is 61.8 Å². The second-order valence-electron chi connectivity index (χ2n) is 48.2. The van der Waals surface area contributed by atoms with Crippen LogP contribution in [-0.4, -0.2) is 179 Å². The third-order valence-electron chi connectivity index (χ3n) is 36.6. The Morgan fingerprint density at radius 2 is 0.816 bits per heavy atom. The number of rotatable bonds is 28. The molecule has 2 saturated heterocycles. The van der Waals surface area contributed by atoms with E-state index < -0.39 is 166 Å². The highest BCUT2D eigenvalue weighted by Gasteiger charge is 2.78. The summed E-state index contributed by atoms with van der Waals surface area (Å²) in [4.78, 5) is 147. The molecule has 0 aromatic heterocycles. The number of carbonyl (C=O) groups is 12. The molecular weight excluding hydrogens is 1780 g/mol. The maximum atomic E-state index is 12.8. The zero-order valence-electron chi connectivity index (χ0n) is 85.0. The molecule has 26 nitrogen and oxygen atoms in total. The maximum absolute atomic E-state index is 12.8. The van der Waals surface area contributed by atoms with Crippen molar-refractivity contribution in [3.63, 3.8) is 0 Å². The number of fused-ring (bicyclic) bond motifs is 7. The Balaban J connectivity index is 0.000000160. The minimum absolute atomic E-state index is 0.00935. The molecule has 16 saturated carbocycles. The fourth-order valence-electron chi connectivity index (χ4n) is 26.5. The van der Waals surface area contributed by atoms with E-state index in [2.05, 4.69) is 46.3 Å². The predicted molar refractivity (Wildman–Crippen MR) is 482 cm³/mol. The molecule has 0 spiro atoms. The van der Waals surface area contributed by atoms with Crippen molar-refractivity contribution in [3.8, 4) is 0 Å². The van der Waals surface area contributed by atoms with Crippen molar-refractivity contribution in [1.82, 2.24) is 0 Å². The zero-order valence-corrected chi connectivity index (χ0v) is 85.0. The largest absolute Gasteiger partial charge is 0.468 e. The first-order chi connectivity index (χ1) is 62.8. The van der Waals surface area contributed by atoms with Gasteiger partial charge in [0.05, 0.1) is 50.8 Å². The van der Waals surface area contributed by atoms with Gasteiger partial charge in [-0.05, 0) is 325 Å². The van der Waals surface area contributed by atoms with Crippen LogP contribution in [0.2, 0.25) is 0 Å². The molecule has 16 aliphatic carbocycles. The highest BCUT2D eigenvalue weighted by Crippen LogP contribution is 2.69.